The lowest BCUT2D eigenvalue weighted by Crippen LogP contribution is -2.52. The highest BCUT2D eigenvalue weighted by molar-refractivity contribution is 7.90. The van der Waals surface area contributed by atoms with Gasteiger partial charge in [0.2, 0.25) is 5.91 Å². The van der Waals surface area contributed by atoms with Gasteiger partial charge in [0.1, 0.15) is 11.9 Å². The lowest BCUT2D eigenvalue weighted by Gasteiger charge is -2.36. The lowest BCUT2D eigenvalue weighted by atomic mass is 9.97. The minimum Gasteiger partial charge on any atom is -0.338 e. The number of fused-ring (bicyclic) bond motifs is 1. The Morgan fingerprint density at radius 1 is 1.12 bits per heavy atom. The van der Waals surface area contributed by atoms with Gasteiger partial charge in [0.15, 0.2) is 0 Å². The lowest BCUT2D eigenvalue weighted by molar-refractivity contribution is -0.135. The summed E-state index contributed by atoms with van der Waals surface area (Å²) >= 11 is 0. The van der Waals surface area contributed by atoms with Crippen LogP contribution in [-0.2, 0) is 21.4 Å². The van der Waals surface area contributed by atoms with Gasteiger partial charge in [-0.1, -0.05) is 44.5 Å². The van der Waals surface area contributed by atoms with E-state index in [0.29, 0.717) is 24.2 Å². The van der Waals surface area contributed by atoms with Gasteiger partial charge in [-0.3, -0.25) is 19.4 Å². The van der Waals surface area contributed by atoms with Crippen molar-refractivity contribution in [1.29, 1.82) is 5.26 Å². The van der Waals surface area contributed by atoms with E-state index in [4.69, 9.17) is 5.26 Å². The molecular weight excluding hydrogens is 450 g/mol. The van der Waals surface area contributed by atoms with Gasteiger partial charge in [-0.15, -0.1) is 0 Å². The molecule has 1 amide bonds. The quantitative estimate of drug-likeness (QED) is 0.685. The van der Waals surface area contributed by atoms with Crippen LogP contribution in [0.5, 0.6) is 0 Å². The molecule has 0 spiro atoms. The van der Waals surface area contributed by atoms with Crippen molar-refractivity contribution in [3.8, 4) is 6.07 Å². The first kappa shape index (κ1) is 23.9. The van der Waals surface area contributed by atoms with E-state index < -0.39 is 16.1 Å². The molecule has 0 bridgehead atoms. The van der Waals surface area contributed by atoms with E-state index in [2.05, 4.69) is 20.7 Å². The summed E-state index contributed by atoms with van der Waals surface area (Å²) in [5, 5.41) is 8.96. The van der Waals surface area contributed by atoms with E-state index in [1.165, 1.54) is 0 Å². The van der Waals surface area contributed by atoms with Crippen LogP contribution in [0.25, 0.3) is 0 Å². The molecule has 2 aliphatic heterocycles. The third kappa shape index (κ3) is 4.98. The van der Waals surface area contributed by atoms with Gasteiger partial charge in [-0.25, -0.2) is 8.42 Å². The highest BCUT2D eigenvalue weighted by atomic mass is 32.2. The molecule has 1 fully saturated rings. The fourth-order valence-corrected chi connectivity index (χ4v) is 5.51. The zero-order chi connectivity index (χ0) is 24.3. The van der Waals surface area contributed by atoms with Crippen LogP contribution in [0, 0.1) is 17.2 Å². The minimum atomic E-state index is -3.66. The van der Waals surface area contributed by atoms with E-state index in [0.717, 1.165) is 31.6 Å². The number of carbonyl (C=O) groups is 1. The van der Waals surface area contributed by atoms with Crippen LogP contribution >= 0.6 is 0 Å². The summed E-state index contributed by atoms with van der Waals surface area (Å²) in [6.45, 7) is 7.42. The van der Waals surface area contributed by atoms with E-state index in [1.807, 2.05) is 43.0 Å². The molecule has 1 N–H and O–H groups in total. The Morgan fingerprint density at radius 3 is 2.44 bits per heavy atom. The number of benzene rings is 2. The van der Waals surface area contributed by atoms with Gasteiger partial charge in [0.25, 0.3) is 10.0 Å². The van der Waals surface area contributed by atoms with Crippen molar-refractivity contribution in [2.75, 3.05) is 26.2 Å². The molecule has 0 radical (unpaired) electrons. The van der Waals surface area contributed by atoms with Crippen molar-refractivity contribution in [2.24, 2.45) is 10.9 Å². The predicted molar refractivity (Wildman–Crippen MR) is 130 cm³/mol. The Hall–Kier alpha value is -3.22. The molecule has 0 saturated carbocycles. The van der Waals surface area contributed by atoms with Gasteiger partial charge in [0.05, 0.1) is 16.5 Å². The maximum absolute atomic E-state index is 13.5. The number of sulfonamides is 1. The highest BCUT2D eigenvalue weighted by Crippen LogP contribution is 2.25. The molecule has 2 aromatic rings. The van der Waals surface area contributed by atoms with Crippen LogP contribution in [0.4, 0.5) is 0 Å². The third-order valence-electron chi connectivity index (χ3n) is 6.54. The van der Waals surface area contributed by atoms with Crippen molar-refractivity contribution >= 4 is 21.8 Å². The summed E-state index contributed by atoms with van der Waals surface area (Å²) in [7, 11) is -3.66. The summed E-state index contributed by atoms with van der Waals surface area (Å²) in [6.07, 6.45) is 0.750. The average Bonchev–Trinajstić information content (AvgIpc) is 3.12. The number of hydrogen-bond donors (Lipinski definition) is 1. The third-order valence-corrected chi connectivity index (χ3v) is 7.94. The Labute approximate surface area is 201 Å². The van der Waals surface area contributed by atoms with Gasteiger partial charge in [-0.2, -0.15) is 5.26 Å². The summed E-state index contributed by atoms with van der Waals surface area (Å²) in [6, 6.07) is 15.8. The maximum atomic E-state index is 13.5. The molecule has 9 heteroatoms. The minimum absolute atomic E-state index is 0.0334. The van der Waals surface area contributed by atoms with Crippen molar-refractivity contribution in [3.63, 3.8) is 0 Å². The largest absolute Gasteiger partial charge is 0.338 e. The number of amides is 1. The molecule has 0 unspecified atom stereocenters. The van der Waals surface area contributed by atoms with Gasteiger partial charge in [-0.05, 0) is 35.7 Å². The molecule has 8 nitrogen and oxygen atoms in total. The molecule has 2 heterocycles. The fraction of sp³-hybridized carbons (Fsp3) is 0.400. The number of aliphatic imine (C=N–C) groups is 1. The molecule has 0 aromatic heterocycles. The number of rotatable bonds is 6. The molecule has 2 aromatic carbocycles. The Kier molecular flexibility index (Phi) is 7.00. The van der Waals surface area contributed by atoms with Crippen LogP contribution in [0.2, 0.25) is 0 Å². The number of piperazine rings is 1. The normalized spacial score (nSPS) is 20.3. The molecular formula is C25H29N5O3S. The van der Waals surface area contributed by atoms with E-state index in [9.17, 15) is 13.2 Å². The number of carbonyl (C=O) groups excluding carboxylic acids is 1. The zero-order valence-corrected chi connectivity index (χ0v) is 20.3. The SMILES string of the molecule is CC[C@H](C)[C@H](N=C1NS(=O)(=O)c2ccccc21)C(=O)N1CCN(Cc2ccc(C#N)cc2)CC1. The van der Waals surface area contributed by atoms with E-state index in [-0.39, 0.29) is 22.6 Å². The van der Waals surface area contributed by atoms with Crippen molar-refractivity contribution in [1.82, 2.24) is 14.5 Å². The monoisotopic (exact) mass is 479 g/mol. The molecule has 4 rings (SSSR count). The maximum Gasteiger partial charge on any atom is 0.263 e. The first-order chi connectivity index (χ1) is 16.3. The number of nitriles is 1. The number of hydrogen-bond acceptors (Lipinski definition) is 6. The Balaban J connectivity index is 1.46. The summed E-state index contributed by atoms with van der Waals surface area (Å²) < 4.78 is 27.5. The van der Waals surface area contributed by atoms with Gasteiger partial charge >= 0.3 is 0 Å². The van der Waals surface area contributed by atoms with Crippen LogP contribution < -0.4 is 4.72 Å². The second-order valence-electron chi connectivity index (χ2n) is 8.82. The summed E-state index contributed by atoms with van der Waals surface area (Å²) in [4.78, 5) is 22.5. The second-order valence-corrected chi connectivity index (χ2v) is 10.5. The van der Waals surface area contributed by atoms with Crippen LogP contribution in [0.3, 0.4) is 0 Å². The Morgan fingerprint density at radius 2 is 1.79 bits per heavy atom. The number of nitrogens with zero attached hydrogens (tertiary/aromatic N) is 4. The van der Waals surface area contributed by atoms with Gasteiger partial charge < -0.3 is 4.90 Å². The molecule has 34 heavy (non-hydrogen) atoms. The average molecular weight is 480 g/mol. The summed E-state index contributed by atoms with van der Waals surface area (Å²) in [5.41, 5.74) is 2.29. The number of amidine groups is 1. The first-order valence-electron chi connectivity index (χ1n) is 11.5. The standard InChI is InChI=1S/C25H29N5O3S/c1-3-18(2)23(27-24-21-6-4-5-7-22(21)34(32,33)28-24)25(31)30-14-12-29(13-15-30)17-20-10-8-19(16-26)9-11-20/h4-11,18,23H,3,12-15,17H2,1-2H3,(H,27,28)/t18-,23-/m0/s1. The van der Waals surface area contributed by atoms with Crippen LogP contribution in [-0.4, -0.2) is 62.2 Å². The predicted octanol–water partition coefficient (Wildman–Crippen LogP) is 2.36. The van der Waals surface area contributed by atoms with Crippen LogP contribution in [0.1, 0.15) is 37.0 Å². The van der Waals surface area contributed by atoms with Crippen molar-refractivity contribution < 1.29 is 13.2 Å². The highest BCUT2D eigenvalue weighted by Gasteiger charge is 2.35. The fourth-order valence-electron chi connectivity index (χ4n) is 4.27. The molecule has 178 valence electrons. The first-order valence-corrected chi connectivity index (χ1v) is 13.0. The zero-order valence-electron chi connectivity index (χ0n) is 19.4. The van der Waals surface area contributed by atoms with Crippen LogP contribution in [0.15, 0.2) is 58.4 Å². The van der Waals surface area contributed by atoms with E-state index in [1.54, 1.807) is 24.3 Å². The Bertz CT molecular complexity index is 1230. The van der Waals surface area contributed by atoms with Gasteiger partial charge in [0, 0.05) is 38.3 Å². The molecule has 2 aliphatic rings. The molecule has 2 atom stereocenters. The van der Waals surface area contributed by atoms with Crippen molar-refractivity contribution in [3.05, 3.63) is 65.2 Å². The molecule has 1 saturated heterocycles. The molecule has 0 aliphatic carbocycles. The topological polar surface area (TPSA) is 106 Å². The second kappa shape index (κ2) is 9.95. The smallest absolute Gasteiger partial charge is 0.263 e. The van der Waals surface area contributed by atoms with E-state index >= 15 is 0 Å². The van der Waals surface area contributed by atoms with Crippen molar-refractivity contribution in [2.45, 2.75) is 37.8 Å². The number of nitrogens with one attached hydrogen (secondary N) is 1. The summed E-state index contributed by atoms with van der Waals surface area (Å²) in [5.74, 6) is 0.145.